The number of hydrogen-bond donors (Lipinski definition) is 1. The summed E-state index contributed by atoms with van der Waals surface area (Å²) in [5.41, 5.74) is 2.00. The Morgan fingerprint density at radius 3 is 2.71 bits per heavy atom. The molecule has 0 amide bonds. The van der Waals surface area contributed by atoms with Crippen LogP contribution in [-0.4, -0.2) is 20.1 Å². The Hall–Kier alpha value is -0.955. The number of hydrogen-bond acceptors (Lipinski definition) is 2. The standard InChI is InChI=1S/C14H23BO2/c1-3-4-5-6-10-13(16)11-8-7-9-12(15)14(11)17-2/h7-9,13,16H,3-6,10,15H2,1-2H3. The molecule has 3 heteroatoms. The van der Waals surface area contributed by atoms with E-state index >= 15 is 0 Å². The monoisotopic (exact) mass is 234 g/mol. The normalized spacial score (nSPS) is 12.4. The SMILES string of the molecule is Bc1cccc(C(O)CCCCCC)c1OC. The summed E-state index contributed by atoms with van der Waals surface area (Å²) in [5, 5.41) is 10.2. The van der Waals surface area contributed by atoms with Crippen LogP contribution in [0.2, 0.25) is 0 Å². The molecule has 1 rings (SSSR count). The highest BCUT2D eigenvalue weighted by molar-refractivity contribution is 6.34. The van der Waals surface area contributed by atoms with Crippen molar-refractivity contribution in [1.82, 2.24) is 0 Å². The van der Waals surface area contributed by atoms with Crippen molar-refractivity contribution < 1.29 is 9.84 Å². The van der Waals surface area contributed by atoms with Gasteiger partial charge >= 0.3 is 0 Å². The van der Waals surface area contributed by atoms with Crippen LogP contribution in [0.15, 0.2) is 18.2 Å². The van der Waals surface area contributed by atoms with Crippen LogP contribution in [0, 0.1) is 0 Å². The van der Waals surface area contributed by atoms with Crippen LogP contribution in [0.4, 0.5) is 0 Å². The third kappa shape index (κ3) is 4.08. The highest BCUT2D eigenvalue weighted by Crippen LogP contribution is 2.26. The highest BCUT2D eigenvalue weighted by Gasteiger charge is 2.13. The first kappa shape index (κ1) is 14.1. The van der Waals surface area contributed by atoms with Gasteiger partial charge in [0.1, 0.15) is 13.6 Å². The van der Waals surface area contributed by atoms with E-state index in [9.17, 15) is 5.11 Å². The van der Waals surface area contributed by atoms with Crippen LogP contribution < -0.4 is 10.2 Å². The van der Waals surface area contributed by atoms with Crippen molar-refractivity contribution >= 4 is 13.3 Å². The summed E-state index contributed by atoms with van der Waals surface area (Å²) >= 11 is 0. The zero-order valence-corrected chi connectivity index (χ0v) is 11.2. The quantitative estimate of drug-likeness (QED) is 0.577. The predicted octanol–water partition coefficient (Wildman–Crippen LogP) is 1.96. The minimum Gasteiger partial charge on any atom is -0.497 e. The van der Waals surface area contributed by atoms with Gasteiger partial charge in [-0.3, -0.25) is 0 Å². The Labute approximate surface area is 105 Å². The smallest absolute Gasteiger partial charge is 0.144 e. The fourth-order valence-electron chi connectivity index (χ4n) is 2.14. The van der Waals surface area contributed by atoms with Gasteiger partial charge in [-0.25, -0.2) is 0 Å². The van der Waals surface area contributed by atoms with Gasteiger partial charge in [-0.1, -0.05) is 50.8 Å². The number of unbranched alkanes of at least 4 members (excludes halogenated alkanes) is 3. The molecule has 0 heterocycles. The molecule has 1 atom stereocenters. The van der Waals surface area contributed by atoms with E-state index in [0.29, 0.717) is 0 Å². The lowest BCUT2D eigenvalue weighted by atomic mass is 9.90. The van der Waals surface area contributed by atoms with E-state index in [1.54, 1.807) is 7.11 Å². The van der Waals surface area contributed by atoms with Gasteiger partial charge in [0.2, 0.25) is 0 Å². The third-order valence-electron chi connectivity index (χ3n) is 3.14. The van der Waals surface area contributed by atoms with Crippen LogP contribution in [0.3, 0.4) is 0 Å². The Balaban J connectivity index is 2.61. The van der Waals surface area contributed by atoms with Crippen LogP contribution >= 0.6 is 0 Å². The van der Waals surface area contributed by atoms with Gasteiger partial charge in [0.25, 0.3) is 0 Å². The second-order valence-corrected chi connectivity index (χ2v) is 4.56. The number of benzene rings is 1. The van der Waals surface area contributed by atoms with Crippen LogP contribution in [0.5, 0.6) is 5.75 Å². The van der Waals surface area contributed by atoms with Gasteiger partial charge in [0.05, 0.1) is 13.2 Å². The third-order valence-corrected chi connectivity index (χ3v) is 3.14. The van der Waals surface area contributed by atoms with Crippen molar-refractivity contribution in [2.45, 2.75) is 45.1 Å². The summed E-state index contributed by atoms with van der Waals surface area (Å²) in [6.07, 6.45) is 5.16. The molecule has 0 fully saturated rings. The first-order valence-electron chi connectivity index (χ1n) is 6.52. The molecule has 1 unspecified atom stereocenters. The number of rotatable bonds is 7. The maximum absolute atomic E-state index is 10.2. The molecule has 0 aromatic heterocycles. The fourth-order valence-corrected chi connectivity index (χ4v) is 2.14. The molecule has 94 valence electrons. The molecule has 1 aromatic rings. The van der Waals surface area contributed by atoms with Gasteiger partial charge in [0.15, 0.2) is 0 Å². The van der Waals surface area contributed by atoms with Crippen LogP contribution in [0.25, 0.3) is 0 Å². The average molecular weight is 234 g/mol. The van der Waals surface area contributed by atoms with Crippen molar-refractivity contribution in [2.75, 3.05) is 7.11 Å². The summed E-state index contributed by atoms with van der Waals surface area (Å²) in [4.78, 5) is 0. The molecular formula is C14H23BO2. The Morgan fingerprint density at radius 1 is 1.29 bits per heavy atom. The van der Waals surface area contributed by atoms with Gasteiger partial charge in [-0.05, 0) is 11.9 Å². The summed E-state index contributed by atoms with van der Waals surface area (Å²) < 4.78 is 5.36. The van der Waals surface area contributed by atoms with E-state index in [0.717, 1.165) is 29.6 Å². The molecular weight excluding hydrogens is 211 g/mol. The maximum Gasteiger partial charge on any atom is 0.144 e. The molecule has 0 radical (unpaired) electrons. The number of aliphatic hydroxyl groups is 1. The molecule has 0 aliphatic heterocycles. The summed E-state index contributed by atoms with van der Waals surface area (Å²) in [6.45, 7) is 2.19. The average Bonchev–Trinajstić information content (AvgIpc) is 2.34. The Morgan fingerprint density at radius 2 is 2.06 bits per heavy atom. The van der Waals surface area contributed by atoms with Crippen molar-refractivity contribution in [3.8, 4) is 5.75 Å². The lowest BCUT2D eigenvalue weighted by molar-refractivity contribution is 0.159. The molecule has 0 bridgehead atoms. The lowest BCUT2D eigenvalue weighted by Gasteiger charge is -2.16. The zero-order chi connectivity index (χ0) is 12.7. The van der Waals surface area contributed by atoms with E-state index < -0.39 is 6.10 Å². The zero-order valence-electron chi connectivity index (χ0n) is 11.2. The minimum atomic E-state index is -0.401. The van der Waals surface area contributed by atoms with E-state index in [1.165, 1.54) is 19.3 Å². The maximum atomic E-state index is 10.2. The van der Waals surface area contributed by atoms with Crippen molar-refractivity contribution in [3.63, 3.8) is 0 Å². The molecule has 17 heavy (non-hydrogen) atoms. The summed E-state index contributed by atoms with van der Waals surface area (Å²) in [7, 11) is 3.67. The van der Waals surface area contributed by atoms with Crippen LogP contribution in [-0.2, 0) is 0 Å². The first-order valence-corrected chi connectivity index (χ1v) is 6.52. The number of aliphatic hydroxyl groups excluding tert-OH is 1. The first-order chi connectivity index (χ1) is 8.20. The molecule has 0 aliphatic carbocycles. The van der Waals surface area contributed by atoms with Crippen LogP contribution in [0.1, 0.15) is 50.7 Å². The van der Waals surface area contributed by atoms with Crippen molar-refractivity contribution in [3.05, 3.63) is 23.8 Å². The molecule has 0 saturated carbocycles. The lowest BCUT2D eigenvalue weighted by Crippen LogP contribution is -2.12. The van der Waals surface area contributed by atoms with Gasteiger partial charge < -0.3 is 9.84 Å². The summed E-state index contributed by atoms with van der Waals surface area (Å²) in [5.74, 6) is 0.829. The number of ether oxygens (including phenoxy) is 1. The highest BCUT2D eigenvalue weighted by atomic mass is 16.5. The van der Waals surface area contributed by atoms with Crippen molar-refractivity contribution in [1.29, 1.82) is 0 Å². The molecule has 0 spiro atoms. The fraction of sp³-hybridized carbons (Fsp3) is 0.571. The Bertz CT molecular complexity index is 339. The van der Waals surface area contributed by atoms with Crippen molar-refractivity contribution in [2.24, 2.45) is 0 Å². The molecule has 2 nitrogen and oxygen atoms in total. The number of para-hydroxylation sites is 1. The van der Waals surface area contributed by atoms with E-state index in [1.807, 2.05) is 26.0 Å². The predicted molar refractivity (Wildman–Crippen MR) is 74.9 cm³/mol. The molecule has 0 aliphatic rings. The second kappa shape index (κ2) is 7.39. The Kier molecular flexibility index (Phi) is 6.13. The second-order valence-electron chi connectivity index (χ2n) is 4.56. The van der Waals surface area contributed by atoms with E-state index in [-0.39, 0.29) is 0 Å². The van der Waals surface area contributed by atoms with Gasteiger partial charge in [-0.2, -0.15) is 0 Å². The largest absolute Gasteiger partial charge is 0.497 e. The topological polar surface area (TPSA) is 29.5 Å². The number of methoxy groups -OCH3 is 1. The summed E-state index contributed by atoms with van der Waals surface area (Å²) in [6, 6.07) is 5.94. The molecule has 1 N–H and O–H groups in total. The molecule has 0 saturated heterocycles. The molecule has 1 aromatic carbocycles. The van der Waals surface area contributed by atoms with Gasteiger partial charge in [-0.15, -0.1) is 0 Å². The van der Waals surface area contributed by atoms with E-state index in [4.69, 9.17) is 4.74 Å². The van der Waals surface area contributed by atoms with E-state index in [2.05, 4.69) is 6.92 Å². The minimum absolute atomic E-state index is 0.401. The van der Waals surface area contributed by atoms with Gasteiger partial charge in [0, 0.05) is 5.56 Å².